The molecule has 0 atom stereocenters. The van der Waals surface area contributed by atoms with Crippen LogP contribution in [0.15, 0.2) is 0 Å². The molecule has 3 nitrogen and oxygen atoms in total. The fraction of sp³-hybridized carbons (Fsp3) is 0.923. The zero-order chi connectivity index (χ0) is 12.4. The third kappa shape index (κ3) is 6.11. The highest BCUT2D eigenvalue weighted by Crippen LogP contribution is 2.20. The molecule has 0 aromatic carbocycles. The first-order valence-electron chi connectivity index (χ1n) is 6.55. The van der Waals surface area contributed by atoms with Crippen molar-refractivity contribution in [1.82, 2.24) is 4.90 Å². The van der Waals surface area contributed by atoms with E-state index in [1.54, 1.807) is 0 Å². The lowest BCUT2D eigenvalue weighted by molar-refractivity contribution is -0.142. The summed E-state index contributed by atoms with van der Waals surface area (Å²) in [5.74, 6) is 0.495. The standard InChI is InChI=1S/C11H21NO2.C2H6/c1-3-6-12-7-4-10(5-8-12)9-11(13)14-2;1-2/h10H,3-9H2,1-2H3;1-2H3. The second-order valence-electron chi connectivity index (χ2n) is 4.07. The number of methoxy groups -OCH3 is 1. The average molecular weight is 229 g/mol. The Hall–Kier alpha value is -0.570. The maximum atomic E-state index is 11.1. The van der Waals surface area contributed by atoms with Gasteiger partial charge in [0.15, 0.2) is 0 Å². The first kappa shape index (κ1) is 15.4. The Labute approximate surface area is 100 Å². The van der Waals surface area contributed by atoms with E-state index >= 15 is 0 Å². The highest BCUT2D eigenvalue weighted by molar-refractivity contribution is 5.69. The van der Waals surface area contributed by atoms with Crippen molar-refractivity contribution in [2.75, 3.05) is 26.7 Å². The van der Waals surface area contributed by atoms with Gasteiger partial charge in [-0.1, -0.05) is 20.8 Å². The second-order valence-corrected chi connectivity index (χ2v) is 4.07. The SMILES string of the molecule is CC.CCCN1CCC(CC(=O)OC)CC1. The van der Waals surface area contributed by atoms with Crippen molar-refractivity contribution in [2.45, 2.75) is 46.5 Å². The van der Waals surface area contributed by atoms with Gasteiger partial charge >= 0.3 is 5.97 Å². The minimum absolute atomic E-state index is 0.0565. The average Bonchev–Trinajstić information content (AvgIpc) is 2.34. The molecule has 0 unspecified atom stereocenters. The van der Waals surface area contributed by atoms with Gasteiger partial charge in [-0.25, -0.2) is 0 Å². The van der Waals surface area contributed by atoms with Crippen LogP contribution in [0.1, 0.15) is 46.5 Å². The zero-order valence-electron chi connectivity index (χ0n) is 11.3. The summed E-state index contributed by atoms with van der Waals surface area (Å²) in [5.41, 5.74) is 0. The van der Waals surface area contributed by atoms with Gasteiger partial charge in [-0.15, -0.1) is 0 Å². The van der Waals surface area contributed by atoms with Gasteiger partial charge in [-0.3, -0.25) is 4.79 Å². The van der Waals surface area contributed by atoms with Gasteiger partial charge in [-0.05, 0) is 44.8 Å². The molecule has 0 bridgehead atoms. The second kappa shape index (κ2) is 9.64. The summed E-state index contributed by atoms with van der Waals surface area (Å²) in [7, 11) is 1.47. The van der Waals surface area contributed by atoms with Gasteiger partial charge < -0.3 is 9.64 Å². The summed E-state index contributed by atoms with van der Waals surface area (Å²) in [6, 6.07) is 0. The summed E-state index contributed by atoms with van der Waals surface area (Å²) < 4.78 is 4.67. The molecule has 1 saturated heterocycles. The lowest BCUT2D eigenvalue weighted by Gasteiger charge is -2.31. The van der Waals surface area contributed by atoms with E-state index in [2.05, 4.69) is 16.6 Å². The number of hydrogen-bond acceptors (Lipinski definition) is 3. The number of ether oxygens (including phenoxy) is 1. The summed E-state index contributed by atoms with van der Waals surface area (Å²) in [4.78, 5) is 13.5. The number of likely N-dealkylation sites (tertiary alicyclic amines) is 1. The van der Waals surface area contributed by atoms with Gasteiger partial charge in [0, 0.05) is 6.42 Å². The zero-order valence-corrected chi connectivity index (χ0v) is 11.3. The Morgan fingerprint density at radius 3 is 2.31 bits per heavy atom. The fourth-order valence-corrected chi connectivity index (χ4v) is 2.05. The molecule has 0 amide bonds. The van der Waals surface area contributed by atoms with Gasteiger partial charge in [-0.2, -0.15) is 0 Å². The molecule has 0 saturated carbocycles. The Morgan fingerprint density at radius 2 is 1.88 bits per heavy atom. The van der Waals surface area contributed by atoms with Crippen LogP contribution in [0, 0.1) is 5.92 Å². The Kier molecular flexibility index (Phi) is 9.30. The molecule has 1 rings (SSSR count). The summed E-state index contributed by atoms with van der Waals surface area (Å²) in [6.45, 7) is 9.70. The normalized spacial score (nSPS) is 17.5. The van der Waals surface area contributed by atoms with Crippen LogP contribution >= 0.6 is 0 Å². The molecule has 0 aromatic rings. The number of nitrogens with zero attached hydrogens (tertiary/aromatic N) is 1. The third-order valence-corrected chi connectivity index (χ3v) is 2.93. The van der Waals surface area contributed by atoms with Crippen molar-refractivity contribution in [3.63, 3.8) is 0 Å². The highest BCUT2D eigenvalue weighted by atomic mass is 16.5. The van der Waals surface area contributed by atoms with E-state index in [9.17, 15) is 4.79 Å². The van der Waals surface area contributed by atoms with Crippen molar-refractivity contribution in [2.24, 2.45) is 5.92 Å². The van der Waals surface area contributed by atoms with Crippen LogP contribution in [0.2, 0.25) is 0 Å². The predicted octanol–water partition coefficient (Wildman–Crippen LogP) is 2.70. The van der Waals surface area contributed by atoms with E-state index in [0.29, 0.717) is 12.3 Å². The van der Waals surface area contributed by atoms with E-state index < -0.39 is 0 Å². The first-order valence-corrected chi connectivity index (χ1v) is 6.55. The molecule has 0 N–H and O–H groups in total. The number of carbonyl (C=O) groups is 1. The molecule has 1 aliphatic heterocycles. The van der Waals surface area contributed by atoms with Crippen LogP contribution < -0.4 is 0 Å². The van der Waals surface area contributed by atoms with Crippen molar-refractivity contribution in [3.05, 3.63) is 0 Å². The molecule has 96 valence electrons. The van der Waals surface area contributed by atoms with Gasteiger partial charge in [0.2, 0.25) is 0 Å². The molecule has 0 spiro atoms. The quantitative estimate of drug-likeness (QED) is 0.694. The monoisotopic (exact) mass is 229 g/mol. The van der Waals surface area contributed by atoms with Crippen molar-refractivity contribution >= 4 is 5.97 Å². The number of piperidine rings is 1. The smallest absolute Gasteiger partial charge is 0.305 e. The molecular formula is C13H27NO2. The lowest BCUT2D eigenvalue weighted by Crippen LogP contribution is -2.34. The van der Waals surface area contributed by atoms with E-state index in [1.807, 2.05) is 13.8 Å². The van der Waals surface area contributed by atoms with E-state index in [0.717, 1.165) is 25.9 Å². The number of esters is 1. The van der Waals surface area contributed by atoms with Crippen molar-refractivity contribution in [1.29, 1.82) is 0 Å². The maximum absolute atomic E-state index is 11.1. The molecule has 0 aromatic heterocycles. The molecule has 0 aliphatic carbocycles. The summed E-state index contributed by atoms with van der Waals surface area (Å²) in [5, 5.41) is 0. The van der Waals surface area contributed by atoms with Gasteiger partial charge in [0.05, 0.1) is 7.11 Å². The number of rotatable bonds is 4. The first-order chi connectivity index (χ1) is 7.76. The Bertz CT molecular complexity index is 175. The van der Waals surface area contributed by atoms with Crippen LogP contribution in [0.25, 0.3) is 0 Å². The topological polar surface area (TPSA) is 29.5 Å². The van der Waals surface area contributed by atoms with Crippen LogP contribution in [-0.2, 0) is 9.53 Å². The predicted molar refractivity (Wildman–Crippen MR) is 67.4 cm³/mol. The molecule has 16 heavy (non-hydrogen) atoms. The molecule has 1 fully saturated rings. The van der Waals surface area contributed by atoms with Crippen LogP contribution in [-0.4, -0.2) is 37.6 Å². The highest BCUT2D eigenvalue weighted by Gasteiger charge is 2.20. The summed E-state index contributed by atoms with van der Waals surface area (Å²) in [6.07, 6.45) is 4.13. The third-order valence-electron chi connectivity index (χ3n) is 2.93. The van der Waals surface area contributed by atoms with E-state index in [4.69, 9.17) is 0 Å². The summed E-state index contributed by atoms with van der Waals surface area (Å²) >= 11 is 0. The Balaban J connectivity index is 0.00000106. The largest absolute Gasteiger partial charge is 0.469 e. The molecular weight excluding hydrogens is 202 g/mol. The van der Waals surface area contributed by atoms with E-state index in [-0.39, 0.29) is 5.97 Å². The molecule has 0 radical (unpaired) electrons. The van der Waals surface area contributed by atoms with Crippen LogP contribution in [0.3, 0.4) is 0 Å². The van der Waals surface area contributed by atoms with Crippen LogP contribution in [0.5, 0.6) is 0 Å². The molecule has 3 heteroatoms. The van der Waals surface area contributed by atoms with Crippen molar-refractivity contribution < 1.29 is 9.53 Å². The minimum atomic E-state index is -0.0565. The number of carbonyl (C=O) groups excluding carboxylic acids is 1. The minimum Gasteiger partial charge on any atom is -0.469 e. The fourth-order valence-electron chi connectivity index (χ4n) is 2.05. The van der Waals surface area contributed by atoms with Crippen LogP contribution in [0.4, 0.5) is 0 Å². The van der Waals surface area contributed by atoms with Crippen molar-refractivity contribution in [3.8, 4) is 0 Å². The van der Waals surface area contributed by atoms with Gasteiger partial charge in [0.1, 0.15) is 0 Å². The maximum Gasteiger partial charge on any atom is 0.305 e. The lowest BCUT2D eigenvalue weighted by atomic mass is 9.93. The van der Waals surface area contributed by atoms with Gasteiger partial charge in [0.25, 0.3) is 0 Å². The Morgan fingerprint density at radius 1 is 1.31 bits per heavy atom. The molecule has 1 heterocycles. The number of hydrogen-bond donors (Lipinski definition) is 0. The van der Waals surface area contributed by atoms with E-state index in [1.165, 1.54) is 20.1 Å². The molecule has 1 aliphatic rings.